The van der Waals surface area contributed by atoms with Gasteiger partial charge in [-0.2, -0.15) is 18.4 Å². The van der Waals surface area contributed by atoms with Gasteiger partial charge >= 0.3 is 6.18 Å². The fraction of sp³-hybridized carbons (Fsp3) is 0.364. The molecule has 0 aliphatic rings. The van der Waals surface area contributed by atoms with Gasteiger partial charge in [0.1, 0.15) is 11.7 Å². The number of carbonyl (C=O) groups is 1. The average Bonchev–Trinajstić information content (AvgIpc) is 2.27. The maximum Gasteiger partial charge on any atom is 0.419 e. The summed E-state index contributed by atoms with van der Waals surface area (Å²) < 4.78 is 38.0. The Bertz CT molecular complexity index is 547. The van der Waals surface area contributed by atoms with Crippen molar-refractivity contribution in [2.24, 2.45) is 5.73 Å². The molecule has 1 unspecified atom stereocenters. The van der Waals surface area contributed by atoms with Gasteiger partial charge < -0.3 is 10.8 Å². The van der Waals surface area contributed by atoms with Gasteiger partial charge in [-0.05, 0) is 18.6 Å². The van der Waals surface area contributed by atoms with Gasteiger partial charge in [0.2, 0.25) is 5.91 Å². The van der Waals surface area contributed by atoms with Crippen LogP contribution >= 0.6 is 0 Å². The van der Waals surface area contributed by atoms with Gasteiger partial charge in [-0.15, -0.1) is 0 Å². The van der Waals surface area contributed by atoms with Gasteiger partial charge in [-0.3, -0.25) is 4.79 Å². The fourth-order valence-electron chi connectivity index (χ4n) is 1.39. The van der Waals surface area contributed by atoms with Crippen LogP contribution < -0.4 is 5.73 Å². The molecule has 0 saturated carbocycles. The zero-order valence-electron chi connectivity index (χ0n) is 9.82. The number of hydrogen-bond acceptors (Lipinski definition) is 4. The summed E-state index contributed by atoms with van der Waals surface area (Å²) in [5.41, 5.74) is 0.897. The highest BCUT2D eigenvalue weighted by atomic mass is 19.4. The van der Waals surface area contributed by atoms with E-state index < -0.39 is 35.4 Å². The molecule has 0 fully saturated rings. The third-order valence-corrected chi connectivity index (χ3v) is 2.43. The molecule has 1 amide bonds. The molecule has 0 radical (unpaired) electrons. The lowest BCUT2D eigenvalue weighted by atomic mass is 9.95. The van der Waals surface area contributed by atoms with E-state index in [2.05, 4.69) is 4.98 Å². The molecule has 1 aromatic rings. The third-order valence-electron chi connectivity index (χ3n) is 2.43. The molecule has 0 saturated heterocycles. The van der Waals surface area contributed by atoms with Crippen LogP contribution in [0.1, 0.15) is 23.7 Å². The summed E-state index contributed by atoms with van der Waals surface area (Å²) in [6, 6.07) is 2.00. The number of nitrogens with zero attached hydrogens (tertiary/aromatic N) is 2. The third kappa shape index (κ3) is 3.42. The quantitative estimate of drug-likeness (QED) is 0.848. The molecule has 1 aromatic heterocycles. The van der Waals surface area contributed by atoms with Crippen LogP contribution in [0.3, 0.4) is 0 Å². The van der Waals surface area contributed by atoms with E-state index in [0.717, 1.165) is 13.1 Å². The summed E-state index contributed by atoms with van der Waals surface area (Å²) in [6.45, 7) is 1.08. The Kier molecular flexibility index (Phi) is 3.81. The normalized spacial score (nSPS) is 14.5. The molecular formula is C11H10F3N3O2. The molecule has 8 heteroatoms. The molecule has 102 valence electrons. The van der Waals surface area contributed by atoms with Crippen molar-refractivity contribution in [2.75, 3.05) is 0 Å². The number of nitriles is 1. The first-order valence-electron chi connectivity index (χ1n) is 5.06. The van der Waals surface area contributed by atoms with Crippen LogP contribution in [-0.2, 0) is 17.4 Å². The van der Waals surface area contributed by atoms with E-state index in [9.17, 15) is 23.1 Å². The molecule has 1 atom stereocenters. The highest BCUT2D eigenvalue weighted by Gasteiger charge is 2.36. The minimum atomic E-state index is -4.74. The van der Waals surface area contributed by atoms with Crippen molar-refractivity contribution in [1.82, 2.24) is 4.98 Å². The number of aromatic nitrogens is 1. The van der Waals surface area contributed by atoms with E-state index in [1.165, 1.54) is 6.07 Å². The number of aliphatic hydroxyl groups is 1. The maximum atomic E-state index is 12.7. The van der Waals surface area contributed by atoms with Crippen LogP contribution in [0.2, 0.25) is 0 Å². The van der Waals surface area contributed by atoms with Crippen LogP contribution in [0.25, 0.3) is 0 Å². The first-order valence-corrected chi connectivity index (χ1v) is 5.06. The fourth-order valence-corrected chi connectivity index (χ4v) is 1.39. The second kappa shape index (κ2) is 4.85. The molecule has 19 heavy (non-hydrogen) atoms. The zero-order chi connectivity index (χ0) is 14.8. The SMILES string of the molecule is CC(O)(Cc1cnc(C#N)c(C(F)(F)F)c1)C(N)=O. The van der Waals surface area contributed by atoms with E-state index in [1.807, 2.05) is 0 Å². The number of pyridine rings is 1. The smallest absolute Gasteiger partial charge is 0.380 e. The van der Waals surface area contributed by atoms with Crippen molar-refractivity contribution in [3.8, 4) is 6.07 Å². The van der Waals surface area contributed by atoms with Crippen LogP contribution in [0.5, 0.6) is 0 Å². The van der Waals surface area contributed by atoms with Gasteiger partial charge in [0.15, 0.2) is 5.69 Å². The largest absolute Gasteiger partial charge is 0.419 e. The molecule has 0 bridgehead atoms. The van der Waals surface area contributed by atoms with E-state index in [1.54, 1.807) is 0 Å². The Morgan fingerprint density at radius 2 is 2.16 bits per heavy atom. The number of primary amides is 1. The second-order valence-electron chi connectivity index (χ2n) is 4.16. The van der Waals surface area contributed by atoms with Gasteiger partial charge in [0.05, 0.1) is 5.56 Å². The van der Waals surface area contributed by atoms with Gasteiger partial charge in [0, 0.05) is 12.6 Å². The van der Waals surface area contributed by atoms with Crippen molar-refractivity contribution in [3.63, 3.8) is 0 Å². The molecule has 0 aliphatic heterocycles. The summed E-state index contributed by atoms with van der Waals surface area (Å²) in [6.07, 6.45) is -4.18. The Labute approximate surface area is 106 Å². The molecule has 1 heterocycles. The predicted octanol–water partition coefficient (Wildman–Crippen LogP) is 0.751. The van der Waals surface area contributed by atoms with Crippen molar-refractivity contribution in [3.05, 3.63) is 29.1 Å². The number of halogens is 3. The zero-order valence-corrected chi connectivity index (χ0v) is 9.82. The van der Waals surface area contributed by atoms with E-state index in [0.29, 0.717) is 6.07 Å². The minimum Gasteiger partial charge on any atom is -0.380 e. The minimum absolute atomic E-state index is 0.0462. The number of rotatable bonds is 3. The van der Waals surface area contributed by atoms with E-state index in [-0.39, 0.29) is 5.56 Å². The average molecular weight is 273 g/mol. The molecule has 5 nitrogen and oxygen atoms in total. The number of hydrogen-bond donors (Lipinski definition) is 2. The van der Waals surface area contributed by atoms with E-state index >= 15 is 0 Å². The summed E-state index contributed by atoms with van der Waals surface area (Å²) in [5, 5.41) is 18.2. The number of amides is 1. The summed E-state index contributed by atoms with van der Waals surface area (Å²) in [7, 11) is 0. The van der Waals surface area contributed by atoms with Crippen molar-refractivity contribution in [1.29, 1.82) is 5.26 Å². The van der Waals surface area contributed by atoms with Crippen LogP contribution in [0, 0.1) is 11.3 Å². The van der Waals surface area contributed by atoms with Crippen LogP contribution in [0.4, 0.5) is 13.2 Å². The first-order chi connectivity index (χ1) is 8.58. The van der Waals surface area contributed by atoms with Crippen molar-refractivity contribution in [2.45, 2.75) is 25.1 Å². The molecule has 0 aromatic carbocycles. The lowest BCUT2D eigenvalue weighted by Crippen LogP contribution is -2.42. The molecule has 3 N–H and O–H groups in total. The molecular weight excluding hydrogens is 263 g/mol. The maximum absolute atomic E-state index is 12.7. The van der Waals surface area contributed by atoms with Crippen molar-refractivity contribution >= 4 is 5.91 Å². The summed E-state index contributed by atoms with van der Waals surface area (Å²) in [4.78, 5) is 14.3. The van der Waals surface area contributed by atoms with Gasteiger partial charge in [-0.25, -0.2) is 4.98 Å². The summed E-state index contributed by atoms with van der Waals surface area (Å²) in [5.74, 6) is -1.06. The first kappa shape index (κ1) is 14.9. The highest BCUT2D eigenvalue weighted by molar-refractivity contribution is 5.83. The lowest BCUT2D eigenvalue weighted by Gasteiger charge is -2.19. The second-order valence-corrected chi connectivity index (χ2v) is 4.16. The van der Waals surface area contributed by atoms with Gasteiger partial charge in [-0.1, -0.05) is 0 Å². The van der Waals surface area contributed by atoms with Crippen LogP contribution in [0.15, 0.2) is 12.3 Å². The Morgan fingerprint density at radius 1 is 1.58 bits per heavy atom. The Hall–Kier alpha value is -2.14. The van der Waals surface area contributed by atoms with Gasteiger partial charge in [0.25, 0.3) is 0 Å². The molecule has 0 aliphatic carbocycles. The monoisotopic (exact) mass is 273 g/mol. The Balaban J connectivity index is 3.21. The van der Waals surface area contributed by atoms with E-state index in [4.69, 9.17) is 11.0 Å². The van der Waals surface area contributed by atoms with Crippen LogP contribution in [-0.4, -0.2) is 21.6 Å². The molecule has 1 rings (SSSR count). The standard InChI is InChI=1S/C11H10F3N3O2/c1-10(19,9(16)18)3-6-2-7(11(12,13)14)8(4-15)17-5-6/h2,5,19H,3H2,1H3,(H2,16,18). The van der Waals surface area contributed by atoms with Crippen molar-refractivity contribution < 1.29 is 23.1 Å². The lowest BCUT2D eigenvalue weighted by molar-refractivity contribution is -0.138. The summed E-state index contributed by atoms with van der Waals surface area (Å²) >= 11 is 0. The Morgan fingerprint density at radius 3 is 2.58 bits per heavy atom. The number of carbonyl (C=O) groups excluding carboxylic acids is 1. The topological polar surface area (TPSA) is 100 Å². The molecule has 0 spiro atoms. The highest BCUT2D eigenvalue weighted by Crippen LogP contribution is 2.32. The predicted molar refractivity (Wildman–Crippen MR) is 57.5 cm³/mol. The number of nitrogens with two attached hydrogens (primary N) is 1. The number of alkyl halides is 3.